The summed E-state index contributed by atoms with van der Waals surface area (Å²) in [6.07, 6.45) is 0. The summed E-state index contributed by atoms with van der Waals surface area (Å²) in [5.41, 5.74) is 6.05. The van der Waals surface area contributed by atoms with Crippen molar-refractivity contribution in [2.75, 3.05) is 6.61 Å². The van der Waals surface area contributed by atoms with Gasteiger partial charge < -0.3 is 4.74 Å². The van der Waals surface area contributed by atoms with Gasteiger partial charge in [0.15, 0.2) is 6.61 Å². The molecule has 120 valence electrons. The summed E-state index contributed by atoms with van der Waals surface area (Å²) in [4.78, 5) is 23.6. The lowest BCUT2D eigenvalue weighted by molar-refractivity contribution is -0.123. The molecule has 2 aromatic carbocycles. The van der Waals surface area contributed by atoms with E-state index in [1.165, 1.54) is 0 Å². The Morgan fingerprint density at radius 1 is 1.17 bits per heavy atom. The summed E-state index contributed by atoms with van der Waals surface area (Å²) in [5.74, 6) is -0.514. The van der Waals surface area contributed by atoms with Crippen LogP contribution in [-0.2, 0) is 4.79 Å². The number of hydrogen-bond acceptors (Lipinski definition) is 3. The fraction of sp³-hybridized carbons (Fsp3) is 0.125. The number of carbonyl (C=O) groups is 2. The number of amides is 2. The van der Waals surface area contributed by atoms with Crippen molar-refractivity contribution in [2.24, 2.45) is 0 Å². The third-order valence-electron chi connectivity index (χ3n) is 2.94. The number of rotatable bonds is 4. The maximum absolute atomic E-state index is 11.9. The number of hydrazine groups is 1. The van der Waals surface area contributed by atoms with E-state index in [2.05, 4.69) is 26.8 Å². The molecule has 2 aromatic rings. The maximum Gasteiger partial charge on any atom is 0.276 e. The molecule has 2 amide bonds. The molecule has 7 heteroatoms. The van der Waals surface area contributed by atoms with Gasteiger partial charge in [-0.05, 0) is 36.8 Å². The molecule has 0 saturated carbocycles. The second-order valence-corrected chi connectivity index (χ2v) is 5.95. The lowest BCUT2D eigenvalue weighted by Gasteiger charge is -2.10. The SMILES string of the molecule is Cc1ccc(C(=O)NNC(=O)COc2ccccc2Cl)cc1Br. The molecule has 0 heterocycles. The van der Waals surface area contributed by atoms with Gasteiger partial charge in [0.2, 0.25) is 0 Å². The average molecular weight is 398 g/mol. The molecule has 0 bridgehead atoms. The van der Waals surface area contributed by atoms with Crippen molar-refractivity contribution in [1.82, 2.24) is 10.9 Å². The van der Waals surface area contributed by atoms with Crippen LogP contribution in [-0.4, -0.2) is 18.4 Å². The topological polar surface area (TPSA) is 67.4 Å². The van der Waals surface area contributed by atoms with Crippen molar-refractivity contribution in [2.45, 2.75) is 6.92 Å². The highest BCUT2D eigenvalue weighted by molar-refractivity contribution is 9.10. The Hall–Kier alpha value is -2.05. The lowest BCUT2D eigenvalue weighted by atomic mass is 10.1. The van der Waals surface area contributed by atoms with E-state index in [1.54, 1.807) is 42.5 Å². The number of hydrogen-bond donors (Lipinski definition) is 2. The predicted molar refractivity (Wildman–Crippen MR) is 91.4 cm³/mol. The van der Waals surface area contributed by atoms with Crippen LogP contribution in [0, 0.1) is 6.92 Å². The quantitative estimate of drug-likeness (QED) is 0.778. The van der Waals surface area contributed by atoms with E-state index in [1.807, 2.05) is 6.92 Å². The first kappa shape index (κ1) is 17.3. The molecule has 2 rings (SSSR count). The van der Waals surface area contributed by atoms with Crippen molar-refractivity contribution in [3.05, 3.63) is 63.1 Å². The first-order valence-corrected chi connectivity index (χ1v) is 7.87. The molecule has 0 spiro atoms. The van der Waals surface area contributed by atoms with Crippen LogP contribution in [0.1, 0.15) is 15.9 Å². The second-order valence-electron chi connectivity index (χ2n) is 4.69. The van der Waals surface area contributed by atoms with Crippen LogP contribution >= 0.6 is 27.5 Å². The number of para-hydroxylation sites is 1. The molecule has 0 aliphatic rings. The van der Waals surface area contributed by atoms with Crippen LogP contribution in [0.3, 0.4) is 0 Å². The molecule has 0 aliphatic carbocycles. The van der Waals surface area contributed by atoms with Gasteiger partial charge in [-0.3, -0.25) is 20.4 Å². The van der Waals surface area contributed by atoms with Crippen LogP contribution in [0.5, 0.6) is 5.75 Å². The molecule has 0 atom stereocenters. The molecular weight excluding hydrogens is 384 g/mol. The van der Waals surface area contributed by atoms with Crippen LogP contribution in [0.25, 0.3) is 0 Å². The number of nitrogens with one attached hydrogen (secondary N) is 2. The van der Waals surface area contributed by atoms with E-state index in [-0.39, 0.29) is 6.61 Å². The van der Waals surface area contributed by atoms with Gasteiger partial charge in [-0.25, -0.2) is 0 Å². The third-order valence-corrected chi connectivity index (χ3v) is 4.11. The molecule has 0 radical (unpaired) electrons. The molecule has 0 unspecified atom stereocenters. The number of aryl methyl sites for hydroxylation is 1. The zero-order valence-electron chi connectivity index (χ0n) is 12.2. The zero-order chi connectivity index (χ0) is 16.8. The van der Waals surface area contributed by atoms with Gasteiger partial charge in [-0.2, -0.15) is 0 Å². The summed E-state index contributed by atoms with van der Waals surface area (Å²) >= 11 is 9.26. The Labute approximate surface area is 147 Å². The Balaban J connectivity index is 1.83. The average Bonchev–Trinajstić information content (AvgIpc) is 2.54. The lowest BCUT2D eigenvalue weighted by Crippen LogP contribution is -2.43. The number of halogens is 2. The first-order valence-electron chi connectivity index (χ1n) is 6.70. The molecule has 0 saturated heterocycles. The largest absolute Gasteiger partial charge is 0.482 e. The maximum atomic E-state index is 11.9. The second kappa shape index (κ2) is 7.99. The number of benzene rings is 2. The van der Waals surface area contributed by atoms with E-state index >= 15 is 0 Å². The standard InChI is InChI=1S/C16H14BrClN2O3/c1-10-6-7-11(8-12(10)17)16(22)20-19-15(21)9-23-14-5-3-2-4-13(14)18/h2-8H,9H2,1H3,(H,19,21)(H,20,22). The number of carbonyl (C=O) groups excluding carboxylic acids is 2. The van der Waals surface area contributed by atoms with Crippen LogP contribution in [0.15, 0.2) is 46.9 Å². The van der Waals surface area contributed by atoms with Gasteiger partial charge in [-0.15, -0.1) is 0 Å². The molecule has 23 heavy (non-hydrogen) atoms. The summed E-state index contributed by atoms with van der Waals surface area (Å²) in [7, 11) is 0. The molecular formula is C16H14BrClN2O3. The third kappa shape index (κ3) is 4.97. The highest BCUT2D eigenvalue weighted by Gasteiger charge is 2.09. The molecule has 0 aromatic heterocycles. The zero-order valence-corrected chi connectivity index (χ0v) is 14.6. The highest BCUT2D eigenvalue weighted by Crippen LogP contribution is 2.22. The minimum absolute atomic E-state index is 0.262. The molecule has 0 aliphatic heterocycles. The van der Waals surface area contributed by atoms with Crippen LogP contribution in [0.2, 0.25) is 5.02 Å². The summed E-state index contributed by atoms with van der Waals surface area (Å²) in [5, 5.41) is 0.411. The summed E-state index contributed by atoms with van der Waals surface area (Å²) < 4.78 is 6.09. The van der Waals surface area contributed by atoms with E-state index in [0.29, 0.717) is 16.3 Å². The van der Waals surface area contributed by atoms with Gasteiger partial charge >= 0.3 is 0 Å². The number of ether oxygens (including phenoxy) is 1. The fourth-order valence-electron chi connectivity index (χ4n) is 1.67. The summed E-state index contributed by atoms with van der Waals surface area (Å²) in [6, 6.07) is 12.0. The van der Waals surface area contributed by atoms with E-state index in [4.69, 9.17) is 16.3 Å². The van der Waals surface area contributed by atoms with E-state index in [9.17, 15) is 9.59 Å². The van der Waals surface area contributed by atoms with Crippen molar-refractivity contribution in [1.29, 1.82) is 0 Å². The Morgan fingerprint density at radius 2 is 1.91 bits per heavy atom. The van der Waals surface area contributed by atoms with Gasteiger partial charge in [0.1, 0.15) is 5.75 Å². The Morgan fingerprint density at radius 3 is 2.61 bits per heavy atom. The van der Waals surface area contributed by atoms with Gasteiger partial charge in [0.25, 0.3) is 11.8 Å². The molecule has 5 nitrogen and oxygen atoms in total. The van der Waals surface area contributed by atoms with Crippen molar-refractivity contribution < 1.29 is 14.3 Å². The van der Waals surface area contributed by atoms with Crippen LogP contribution in [0.4, 0.5) is 0 Å². The fourth-order valence-corrected chi connectivity index (χ4v) is 2.24. The molecule has 2 N–H and O–H groups in total. The minimum Gasteiger partial charge on any atom is -0.482 e. The smallest absolute Gasteiger partial charge is 0.276 e. The minimum atomic E-state index is -0.496. The molecule has 0 fully saturated rings. The van der Waals surface area contributed by atoms with Crippen LogP contribution < -0.4 is 15.6 Å². The van der Waals surface area contributed by atoms with Crippen molar-refractivity contribution in [3.8, 4) is 5.75 Å². The normalized spacial score (nSPS) is 10.0. The van der Waals surface area contributed by atoms with Gasteiger partial charge in [-0.1, -0.05) is 45.7 Å². The van der Waals surface area contributed by atoms with Crippen molar-refractivity contribution >= 4 is 39.3 Å². The highest BCUT2D eigenvalue weighted by atomic mass is 79.9. The van der Waals surface area contributed by atoms with Crippen molar-refractivity contribution in [3.63, 3.8) is 0 Å². The van der Waals surface area contributed by atoms with Gasteiger partial charge in [0.05, 0.1) is 5.02 Å². The van der Waals surface area contributed by atoms with E-state index < -0.39 is 11.8 Å². The first-order chi connectivity index (χ1) is 11.0. The van der Waals surface area contributed by atoms with Gasteiger partial charge in [0, 0.05) is 10.0 Å². The summed E-state index contributed by atoms with van der Waals surface area (Å²) in [6.45, 7) is 1.65. The predicted octanol–water partition coefficient (Wildman–Crippen LogP) is 3.25. The monoisotopic (exact) mass is 396 g/mol. The van der Waals surface area contributed by atoms with E-state index in [0.717, 1.165) is 10.0 Å². The Kier molecular flexibility index (Phi) is 6.01. The Bertz CT molecular complexity index is 737.